The normalized spacial score (nSPS) is 22.5. The van der Waals surface area contributed by atoms with Crippen molar-refractivity contribution in [3.05, 3.63) is 57.3 Å². The van der Waals surface area contributed by atoms with Crippen LogP contribution in [0.1, 0.15) is 25.2 Å². The molecule has 1 aliphatic heterocycles. The number of aliphatic hydroxyl groups is 2. The summed E-state index contributed by atoms with van der Waals surface area (Å²) in [5.41, 5.74) is -2.72. The van der Waals surface area contributed by atoms with Crippen molar-refractivity contribution in [1.29, 1.82) is 0 Å². The fourth-order valence-corrected chi connectivity index (χ4v) is 5.29. The molecule has 0 unspecified atom stereocenters. The number of carbonyl (C=O) groups excluding carboxylic acids is 1. The number of likely N-dealkylation sites (tertiary alicyclic amines) is 1. The number of aryl methyl sites for hydroxylation is 1. The Bertz CT molecular complexity index is 1720. The molecule has 2 N–H and O–H groups in total. The van der Waals surface area contributed by atoms with E-state index in [0.29, 0.717) is 0 Å². The van der Waals surface area contributed by atoms with Crippen LogP contribution in [0, 0.1) is 0 Å². The average Bonchev–Trinajstić information content (AvgIpc) is 3.42. The van der Waals surface area contributed by atoms with Gasteiger partial charge in [0.05, 0.1) is 35.1 Å². The van der Waals surface area contributed by atoms with Crippen LogP contribution in [-0.4, -0.2) is 74.1 Å². The van der Waals surface area contributed by atoms with Gasteiger partial charge in [-0.15, -0.1) is 0 Å². The second-order valence-electron chi connectivity index (χ2n) is 10.1. The van der Waals surface area contributed by atoms with Crippen LogP contribution in [0.3, 0.4) is 0 Å². The number of benzene rings is 1. The molecule has 15 heteroatoms. The number of halogens is 3. The fourth-order valence-electron chi connectivity index (χ4n) is 5.29. The summed E-state index contributed by atoms with van der Waals surface area (Å²) in [4.78, 5) is 47.9. The number of para-hydroxylation sites is 2. The SMILES string of the molecule is Cn1c(=O)c2c(ncn2[C@@H]2CN(C(=O)Cn3c(C(F)(F)F)nc4ccccc43)C[C@@H](O)C[C@@]2(C)O)n(C)c1=O. The number of alkyl halides is 3. The monoisotopic (exact) mass is 549 g/mol. The molecule has 12 nitrogen and oxygen atoms in total. The van der Waals surface area contributed by atoms with E-state index in [1.54, 1.807) is 0 Å². The van der Waals surface area contributed by atoms with E-state index in [-0.39, 0.29) is 41.7 Å². The van der Waals surface area contributed by atoms with Crippen LogP contribution in [0.5, 0.6) is 0 Å². The van der Waals surface area contributed by atoms with E-state index in [1.807, 2.05) is 0 Å². The zero-order valence-corrected chi connectivity index (χ0v) is 21.3. The Morgan fingerprint density at radius 2 is 1.85 bits per heavy atom. The molecule has 5 rings (SSSR count). The van der Waals surface area contributed by atoms with Gasteiger partial charge in [0.2, 0.25) is 11.7 Å². The Morgan fingerprint density at radius 3 is 2.54 bits per heavy atom. The molecule has 4 heterocycles. The summed E-state index contributed by atoms with van der Waals surface area (Å²) in [5, 5.41) is 22.0. The first-order chi connectivity index (χ1) is 18.2. The number of carbonyl (C=O) groups is 1. The Kier molecular flexibility index (Phi) is 6.18. The summed E-state index contributed by atoms with van der Waals surface area (Å²) in [6.07, 6.45) is -4.97. The molecule has 4 aromatic rings. The van der Waals surface area contributed by atoms with Crippen molar-refractivity contribution in [3.8, 4) is 0 Å². The topological polar surface area (TPSA) is 140 Å². The molecular weight excluding hydrogens is 523 g/mol. The second kappa shape index (κ2) is 9.05. The Balaban J connectivity index is 1.57. The minimum absolute atomic E-state index is 0.00590. The minimum atomic E-state index is -4.82. The molecule has 1 aromatic carbocycles. The van der Waals surface area contributed by atoms with Gasteiger partial charge in [-0.3, -0.25) is 18.7 Å². The van der Waals surface area contributed by atoms with Gasteiger partial charge in [-0.2, -0.15) is 13.2 Å². The molecule has 0 bridgehead atoms. The van der Waals surface area contributed by atoms with E-state index < -0.39 is 53.4 Å². The third-order valence-corrected chi connectivity index (χ3v) is 7.25. The molecule has 1 aliphatic rings. The maximum Gasteiger partial charge on any atom is 0.449 e. The zero-order chi connectivity index (χ0) is 28.4. The highest BCUT2D eigenvalue weighted by Crippen LogP contribution is 2.34. The second-order valence-corrected chi connectivity index (χ2v) is 10.1. The zero-order valence-electron chi connectivity index (χ0n) is 21.3. The van der Waals surface area contributed by atoms with Crippen LogP contribution in [0.15, 0.2) is 40.2 Å². The molecule has 0 spiro atoms. The van der Waals surface area contributed by atoms with Crippen LogP contribution >= 0.6 is 0 Å². The van der Waals surface area contributed by atoms with Gasteiger partial charge in [-0.25, -0.2) is 14.8 Å². The first-order valence-electron chi connectivity index (χ1n) is 12.0. The summed E-state index contributed by atoms with van der Waals surface area (Å²) >= 11 is 0. The molecular formula is C24H26F3N7O5. The fraction of sp³-hybridized carbons (Fsp3) is 0.458. The summed E-state index contributed by atoms with van der Waals surface area (Å²) < 4.78 is 45.5. The van der Waals surface area contributed by atoms with Gasteiger partial charge in [-0.05, 0) is 19.1 Å². The first kappa shape index (κ1) is 26.6. The highest BCUT2D eigenvalue weighted by molar-refractivity contribution is 5.81. The number of imidazole rings is 2. The molecule has 39 heavy (non-hydrogen) atoms. The van der Waals surface area contributed by atoms with Gasteiger partial charge < -0.3 is 24.2 Å². The maximum absolute atomic E-state index is 13.8. The van der Waals surface area contributed by atoms with Crippen molar-refractivity contribution in [1.82, 2.24) is 33.1 Å². The van der Waals surface area contributed by atoms with Crippen molar-refractivity contribution in [3.63, 3.8) is 0 Å². The largest absolute Gasteiger partial charge is 0.449 e. The lowest BCUT2D eigenvalue weighted by atomic mass is 9.91. The average molecular weight is 550 g/mol. The molecule has 1 fully saturated rings. The Hall–Kier alpha value is -3.98. The van der Waals surface area contributed by atoms with Crippen LogP contribution in [0.4, 0.5) is 13.2 Å². The highest BCUT2D eigenvalue weighted by atomic mass is 19.4. The molecule has 1 saturated heterocycles. The molecule has 0 radical (unpaired) electrons. The lowest BCUT2D eigenvalue weighted by Gasteiger charge is -2.34. The number of fused-ring (bicyclic) bond motifs is 2. The van der Waals surface area contributed by atoms with E-state index in [1.165, 1.54) is 60.7 Å². The predicted octanol–water partition coefficient (Wildman–Crippen LogP) is 0.388. The van der Waals surface area contributed by atoms with Crippen LogP contribution in [0.25, 0.3) is 22.2 Å². The minimum Gasteiger partial charge on any atom is -0.391 e. The van der Waals surface area contributed by atoms with Gasteiger partial charge in [-0.1, -0.05) is 12.1 Å². The van der Waals surface area contributed by atoms with Gasteiger partial charge in [0.15, 0.2) is 11.2 Å². The number of aromatic nitrogens is 6. The van der Waals surface area contributed by atoms with Crippen LogP contribution in [0.2, 0.25) is 0 Å². The number of rotatable bonds is 3. The number of amides is 1. The predicted molar refractivity (Wildman–Crippen MR) is 132 cm³/mol. The van der Waals surface area contributed by atoms with Crippen molar-refractivity contribution in [2.24, 2.45) is 14.1 Å². The smallest absolute Gasteiger partial charge is 0.391 e. The Morgan fingerprint density at radius 1 is 1.15 bits per heavy atom. The number of aliphatic hydroxyl groups excluding tert-OH is 1. The van der Waals surface area contributed by atoms with E-state index >= 15 is 0 Å². The number of hydrogen-bond acceptors (Lipinski definition) is 7. The summed E-state index contributed by atoms with van der Waals surface area (Å²) in [5.74, 6) is -1.99. The molecule has 1 amide bonds. The molecule has 0 saturated carbocycles. The van der Waals surface area contributed by atoms with E-state index in [0.717, 1.165) is 14.0 Å². The van der Waals surface area contributed by atoms with Gasteiger partial charge in [0.25, 0.3) is 5.56 Å². The molecule has 0 aliphatic carbocycles. The van der Waals surface area contributed by atoms with Crippen molar-refractivity contribution < 1.29 is 28.2 Å². The van der Waals surface area contributed by atoms with Crippen LogP contribution in [-0.2, 0) is 31.6 Å². The number of β-amino-alcohol motifs (C(OH)–C–C–N with tert-alkyl or cyclic N) is 1. The summed E-state index contributed by atoms with van der Waals surface area (Å²) in [7, 11) is 2.72. The third kappa shape index (κ3) is 4.40. The lowest BCUT2D eigenvalue weighted by molar-refractivity contribution is -0.148. The van der Waals surface area contributed by atoms with E-state index in [9.17, 15) is 37.8 Å². The molecule has 3 atom stereocenters. The summed E-state index contributed by atoms with van der Waals surface area (Å²) in [6, 6.07) is 4.87. The molecule has 208 valence electrons. The van der Waals surface area contributed by atoms with E-state index in [4.69, 9.17) is 0 Å². The first-order valence-corrected chi connectivity index (χ1v) is 12.0. The standard InChI is InChI=1S/C24H26F3N7O5/c1-23(39)8-13(35)9-32(10-16(23)34-12-28-19-18(34)20(37)31(3)22(38)30(19)2)17(36)11-33-15-7-5-4-6-14(15)29-21(33)24(25,26)27/h4-7,12-13,16,35,39H,8-11H2,1-3H3/t13-,16+,23+/m0/s1. The van der Waals surface area contributed by atoms with Gasteiger partial charge in [0, 0.05) is 33.6 Å². The van der Waals surface area contributed by atoms with Crippen molar-refractivity contribution in [2.75, 3.05) is 13.1 Å². The van der Waals surface area contributed by atoms with Crippen molar-refractivity contribution >= 4 is 28.1 Å². The lowest BCUT2D eigenvalue weighted by Crippen LogP contribution is -2.45. The van der Waals surface area contributed by atoms with Crippen molar-refractivity contribution in [2.45, 2.75) is 43.8 Å². The quantitative estimate of drug-likeness (QED) is 0.377. The van der Waals surface area contributed by atoms with Gasteiger partial charge >= 0.3 is 11.9 Å². The highest BCUT2D eigenvalue weighted by Gasteiger charge is 2.43. The Labute approximate surface area is 218 Å². The van der Waals surface area contributed by atoms with Crippen LogP contribution < -0.4 is 11.2 Å². The summed E-state index contributed by atoms with van der Waals surface area (Å²) in [6.45, 7) is 0.188. The third-order valence-electron chi connectivity index (χ3n) is 7.25. The number of hydrogen-bond donors (Lipinski definition) is 2. The number of nitrogens with zero attached hydrogens (tertiary/aromatic N) is 7. The molecule has 3 aromatic heterocycles. The van der Waals surface area contributed by atoms with E-state index in [2.05, 4.69) is 9.97 Å². The maximum atomic E-state index is 13.8. The van der Waals surface area contributed by atoms with Gasteiger partial charge in [0.1, 0.15) is 6.54 Å².